The van der Waals surface area contributed by atoms with Crippen molar-refractivity contribution in [3.8, 4) is 11.3 Å². The van der Waals surface area contributed by atoms with E-state index in [-0.39, 0.29) is 34.5 Å². The van der Waals surface area contributed by atoms with Crippen LogP contribution in [0.5, 0.6) is 0 Å². The van der Waals surface area contributed by atoms with E-state index in [2.05, 4.69) is 10.3 Å². The topological polar surface area (TPSA) is 115 Å². The highest BCUT2D eigenvalue weighted by Gasteiger charge is 2.36. The molecule has 1 unspecified atom stereocenters. The summed E-state index contributed by atoms with van der Waals surface area (Å²) in [6.07, 6.45) is -3.48. The zero-order valence-corrected chi connectivity index (χ0v) is 20.0. The summed E-state index contributed by atoms with van der Waals surface area (Å²) in [7, 11) is 3.80. The van der Waals surface area contributed by atoms with Crippen LogP contribution in [0.3, 0.4) is 0 Å². The maximum Gasteiger partial charge on any atom is 0.418 e. The lowest BCUT2D eigenvalue weighted by Gasteiger charge is -2.27. The van der Waals surface area contributed by atoms with Crippen LogP contribution in [0.1, 0.15) is 39.0 Å². The van der Waals surface area contributed by atoms with E-state index in [0.717, 1.165) is 12.3 Å². The van der Waals surface area contributed by atoms with Gasteiger partial charge in [-0.15, -0.1) is 0 Å². The Balaban J connectivity index is 1.87. The molecule has 1 aromatic heterocycles. The van der Waals surface area contributed by atoms with Crippen LogP contribution in [0.4, 0.5) is 18.9 Å². The van der Waals surface area contributed by atoms with Gasteiger partial charge in [0, 0.05) is 53.5 Å². The van der Waals surface area contributed by atoms with Crippen LogP contribution < -0.4 is 11.1 Å². The molecule has 1 aliphatic rings. The lowest BCUT2D eigenvalue weighted by molar-refractivity contribution is -0.136. The van der Waals surface area contributed by atoms with Crippen LogP contribution in [0.2, 0.25) is 0 Å². The molecule has 0 saturated carbocycles. The van der Waals surface area contributed by atoms with Gasteiger partial charge in [0.1, 0.15) is 0 Å². The van der Waals surface area contributed by atoms with Crippen LogP contribution in [-0.4, -0.2) is 60.4 Å². The van der Waals surface area contributed by atoms with E-state index >= 15 is 0 Å². The van der Waals surface area contributed by atoms with Gasteiger partial charge in [-0.05, 0) is 56.3 Å². The standard InChI is InChI=1S/C26H28F3N5O2/c1-34(2)10-9-32-25(36)15-5-3-14(4-6-15)23-18-11-16(35)7-8-17(18)22-19(13-30)21(31)12-20(24(22)33-23)26(27,28)29/h3-6,12-13,16,30,35H,7-11,31H2,1-2H3,(H,32,36). The number of likely N-dealkylation sites (N-methyl/N-ethyl adjacent to an activating group) is 1. The average molecular weight is 500 g/mol. The number of nitrogen functional groups attached to an aromatic ring is 1. The number of alkyl halides is 3. The minimum atomic E-state index is -4.70. The second-order valence-corrected chi connectivity index (χ2v) is 9.24. The van der Waals surface area contributed by atoms with Crippen molar-refractivity contribution in [3.05, 3.63) is 58.1 Å². The molecule has 3 aromatic rings. The molecule has 1 heterocycles. The predicted octanol–water partition coefficient (Wildman–Crippen LogP) is 3.64. The Morgan fingerprint density at radius 1 is 1.28 bits per heavy atom. The lowest BCUT2D eigenvalue weighted by atomic mass is 9.83. The summed E-state index contributed by atoms with van der Waals surface area (Å²) in [5.74, 6) is -0.252. The molecule has 0 saturated heterocycles. The molecule has 1 atom stereocenters. The number of carbonyl (C=O) groups is 1. The summed E-state index contributed by atoms with van der Waals surface area (Å²) in [5.41, 5.74) is 7.26. The quantitative estimate of drug-likeness (QED) is 0.305. The van der Waals surface area contributed by atoms with Gasteiger partial charge in [0.25, 0.3) is 5.91 Å². The highest BCUT2D eigenvalue weighted by atomic mass is 19.4. The Morgan fingerprint density at radius 3 is 2.58 bits per heavy atom. The van der Waals surface area contributed by atoms with Crippen LogP contribution in [0, 0.1) is 5.41 Å². The van der Waals surface area contributed by atoms with E-state index in [1.54, 1.807) is 24.3 Å². The Hall–Kier alpha value is -3.50. The molecule has 10 heteroatoms. The van der Waals surface area contributed by atoms with Crippen molar-refractivity contribution in [3.63, 3.8) is 0 Å². The Kier molecular flexibility index (Phi) is 7.01. The number of hydrogen-bond acceptors (Lipinski definition) is 6. The van der Waals surface area contributed by atoms with E-state index in [1.807, 2.05) is 19.0 Å². The monoisotopic (exact) mass is 499 g/mol. The zero-order chi connectivity index (χ0) is 26.2. The highest BCUT2D eigenvalue weighted by Crippen LogP contribution is 2.43. The number of aliphatic hydroxyl groups excluding tert-OH is 1. The number of benzene rings is 2. The van der Waals surface area contributed by atoms with Crippen LogP contribution in [0.25, 0.3) is 22.2 Å². The third-order valence-corrected chi connectivity index (χ3v) is 6.43. The Morgan fingerprint density at radius 2 is 1.97 bits per heavy atom. The molecule has 5 N–H and O–H groups in total. The SMILES string of the molecule is CN(C)CCNC(=O)c1ccc(-c2nc3c(C(F)(F)F)cc(N)c(C=N)c3c3c2CC(O)CC3)cc1. The van der Waals surface area contributed by atoms with Gasteiger partial charge in [-0.2, -0.15) is 13.2 Å². The Bertz CT molecular complexity index is 1320. The first-order valence-corrected chi connectivity index (χ1v) is 11.6. The maximum absolute atomic E-state index is 14.0. The fourth-order valence-electron chi connectivity index (χ4n) is 4.63. The molecule has 4 rings (SSSR count). The van der Waals surface area contributed by atoms with Crippen molar-refractivity contribution in [1.29, 1.82) is 5.41 Å². The molecule has 1 amide bonds. The number of fused-ring (bicyclic) bond motifs is 3. The van der Waals surface area contributed by atoms with Gasteiger partial charge < -0.3 is 26.5 Å². The third-order valence-electron chi connectivity index (χ3n) is 6.43. The highest BCUT2D eigenvalue weighted by molar-refractivity contribution is 6.07. The molecule has 2 aromatic carbocycles. The van der Waals surface area contributed by atoms with Crippen molar-refractivity contribution in [1.82, 2.24) is 15.2 Å². The van der Waals surface area contributed by atoms with Gasteiger partial charge in [-0.25, -0.2) is 4.98 Å². The largest absolute Gasteiger partial charge is 0.418 e. The summed E-state index contributed by atoms with van der Waals surface area (Å²) in [4.78, 5) is 18.8. The second-order valence-electron chi connectivity index (χ2n) is 9.24. The Labute approximate surface area is 206 Å². The number of aromatic nitrogens is 1. The van der Waals surface area contributed by atoms with Crippen LogP contribution >= 0.6 is 0 Å². The van der Waals surface area contributed by atoms with Crippen LogP contribution in [0.15, 0.2) is 30.3 Å². The van der Waals surface area contributed by atoms with Gasteiger partial charge >= 0.3 is 6.18 Å². The fraction of sp³-hybridized carbons (Fsp3) is 0.346. The third kappa shape index (κ3) is 4.91. The number of aliphatic hydroxyl groups is 1. The molecule has 0 aliphatic heterocycles. The number of nitrogens with zero attached hydrogens (tertiary/aromatic N) is 2. The average Bonchev–Trinajstić information content (AvgIpc) is 2.82. The molecule has 1 aliphatic carbocycles. The van der Waals surface area contributed by atoms with E-state index in [1.165, 1.54) is 0 Å². The first kappa shape index (κ1) is 25.6. The summed E-state index contributed by atoms with van der Waals surface area (Å²) in [6.45, 7) is 1.16. The molecule has 0 radical (unpaired) electrons. The van der Waals surface area contributed by atoms with Crippen LogP contribution in [-0.2, 0) is 19.0 Å². The van der Waals surface area contributed by atoms with Gasteiger partial charge in [0.2, 0.25) is 0 Å². The lowest BCUT2D eigenvalue weighted by Crippen LogP contribution is -2.31. The number of pyridine rings is 1. The number of hydrogen-bond donors (Lipinski definition) is 4. The smallest absolute Gasteiger partial charge is 0.398 e. The number of aryl methyl sites for hydroxylation is 1. The predicted molar refractivity (Wildman–Crippen MR) is 133 cm³/mol. The molecular formula is C26H28F3N5O2. The summed E-state index contributed by atoms with van der Waals surface area (Å²) in [5, 5.41) is 21.2. The second kappa shape index (κ2) is 9.87. The van der Waals surface area contributed by atoms with Gasteiger partial charge in [0.05, 0.1) is 22.9 Å². The molecule has 36 heavy (non-hydrogen) atoms. The summed E-state index contributed by atoms with van der Waals surface area (Å²) >= 11 is 0. The van der Waals surface area contributed by atoms with Gasteiger partial charge in [0.15, 0.2) is 0 Å². The van der Waals surface area contributed by atoms with Gasteiger partial charge in [-0.3, -0.25) is 4.79 Å². The summed E-state index contributed by atoms with van der Waals surface area (Å²) < 4.78 is 42.0. The van der Waals surface area contributed by atoms with E-state index in [9.17, 15) is 23.1 Å². The number of nitrogens with one attached hydrogen (secondary N) is 2. The normalized spacial score (nSPS) is 15.7. The molecule has 0 bridgehead atoms. The van der Waals surface area contributed by atoms with Crippen molar-refractivity contribution >= 4 is 28.7 Å². The fourth-order valence-corrected chi connectivity index (χ4v) is 4.63. The van der Waals surface area contributed by atoms with Crippen molar-refractivity contribution in [2.24, 2.45) is 0 Å². The molecular weight excluding hydrogens is 471 g/mol. The number of rotatable bonds is 6. The van der Waals surface area contributed by atoms with Crippen molar-refractivity contribution < 1.29 is 23.1 Å². The van der Waals surface area contributed by atoms with E-state index in [0.29, 0.717) is 53.9 Å². The number of anilines is 1. The van der Waals surface area contributed by atoms with E-state index < -0.39 is 17.8 Å². The molecule has 0 spiro atoms. The first-order chi connectivity index (χ1) is 17.0. The summed E-state index contributed by atoms with van der Waals surface area (Å²) in [6, 6.07) is 7.34. The number of nitrogens with two attached hydrogens (primary N) is 1. The molecule has 0 fully saturated rings. The van der Waals surface area contributed by atoms with Crippen molar-refractivity contribution in [2.75, 3.05) is 32.9 Å². The van der Waals surface area contributed by atoms with Crippen molar-refractivity contribution in [2.45, 2.75) is 31.5 Å². The minimum Gasteiger partial charge on any atom is -0.398 e. The minimum absolute atomic E-state index is 0.141. The van der Waals surface area contributed by atoms with E-state index in [4.69, 9.17) is 11.1 Å². The first-order valence-electron chi connectivity index (χ1n) is 11.6. The zero-order valence-electron chi connectivity index (χ0n) is 20.0. The maximum atomic E-state index is 14.0. The molecule has 7 nitrogen and oxygen atoms in total. The molecule has 190 valence electrons. The number of carbonyl (C=O) groups excluding carboxylic acids is 1. The number of amides is 1. The van der Waals surface area contributed by atoms with Gasteiger partial charge in [-0.1, -0.05) is 12.1 Å². The number of halogens is 3.